The van der Waals surface area contributed by atoms with Crippen LogP contribution in [0.2, 0.25) is 0 Å². The van der Waals surface area contributed by atoms with E-state index in [1.165, 1.54) is 6.08 Å². The molecule has 1 heterocycles. The van der Waals surface area contributed by atoms with Gasteiger partial charge in [-0.3, -0.25) is 10.2 Å². The summed E-state index contributed by atoms with van der Waals surface area (Å²) in [4.78, 5) is 11.7. The Labute approximate surface area is 112 Å². The largest absolute Gasteiger partial charge is 0.497 e. The van der Waals surface area contributed by atoms with Gasteiger partial charge in [-0.15, -0.1) is 0 Å². The molecule has 19 heavy (non-hydrogen) atoms. The SMILES string of the molecule is COc1ccc(/C=C/C(=O)NN2CCOCC2)cc1. The minimum Gasteiger partial charge on any atom is -0.497 e. The Bertz CT molecular complexity index is 437. The van der Waals surface area contributed by atoms with E-state index in [9.17, 15) is 4.79 Å². The van der Waals surface area contributed by atoms with Crippen molar-refractivity contribution in [2.24, 2.45) is 0 Å². The quantitative estimate of drug-likeness (QED) is 0.825. The van der Waals surface area contributed by atoms with Gasteiger partial charge in [0.25, 0.3) is 5.91 Å². The first-order valence-electron chi connectivity index (χ1n) is 6.23. The Balaban J connectivity index is 1.84. The van der Waals surface area contributed by atoms with Gasteiger partial charge in [-0.1, -0.05) is 12.1 Å². The third-order valence-corrected chi connectivity index (χ3v) is 2.82. The number of ether oxygens (including phenoxy) is 2. The van der Waals surface area contributed by atoms with Crippen LogP contribution < -0.4 is 10.2 Å². The predicted molar refractivity (Wildman–Crippen MR) is 72.6 cm³/mol. The Hall–Kier alpha value is -1.85. The Morgan fingerprint density at radius 1 is 1.32 bits per heavy atom. The van der Waals surface area contributed by atoms with Crippen molar-refractivity contribution in [1.29, 1.82) is 0 Å². The number of carbonyl (C=O) groups is 1. The number of amides is 1. The first-order valence-corrected chi connectivity index (χ1v) is 6.23. The molecular formula is C14H18N2O3. The van der Waals surface area contributed by atoms with Gasteiger partial charge in [-0.05, 0) is 23.8 Å². The van der Waals surface area contributed by atoms with E-state index in [4.69, 9.17) is 9.47 Å². The van der Waals surface area contributed by atoms with E-state index in [2.05, 4.69) is 5.43 Å². The summed E-state index contributed by atoms with van der Waals surface area (Å²) in [6, 6.07) is 7.52. The zero-order valence-corrected chi connectivity index (χ0v) is 11.0. The van der Waals surface area contributed by atoms with Crippen LogP contribution >= 0.6 is 0 Å². The van der Waals surface area contributed by atoms with Crippen LogP contribution in [0.3, 0.4) is 0 Å². The van der Waals surface area contributed by atoms with Gasteiger partial charge in [0.2, 0.25) is 0 Å². The van der Waals surface area contributed by atoms with Crippen LogP contribution in [-0.4, -0.2) is 44.3 Å². The number of morpholine rings is 1. The van der Waals surface area contributed by atoms with E-state index in [1.54, 1.807) is 13.2 Å². The van der Waals surface area contributed by atoms with E-state index in [1.807, 2.05) is 29.3 Å². The van der Waals surface area contributed by atoms with E-state index >= 15 is 0 Å². The summed E-state index contributed by atoms with van der Waals surface area (Å²) in [5.74, 6) is 0.674. The molecule has 0 spiro atoms. The predicted octanol–water partition coefficient (Wildman–Crippen LogP) is 1.07. The van der Waals surface area contributed by atoms with Crippen LogP contribution in [0, 0.1) is 0 Å². The van der Waals surface area contributed by atoms with Crippen LogP contribution in [-0.2, 0) is 9.53 Å². The third-order valence-electron chi connectivity index (χ3n) is 2.82. The zero-order chi connectivity index (χ0) is 13.5. The van der Waals surface area contributed by atoms with Gasteiger partial charge in [0.1, 0.15) is 5.75 Å². The summed E-state index contributed by atoms with van der Waals surface area (Å²) in [6.45, 7) is 2.76. The molecule has 1 aliphatic rings. The molecule has 2 rings (SSSR count). The molecule has 1 aromatic carbocycles. The highest BCUT2D eigenvalue weighted by atomic mass is 16.5. The molecular weight excluding hydrogens is 244 g/mol. The molecule has 1 aromatic rings. The second-order valence-electron chi connectivity index (χ2n) is 4.18. The number of benzene rings is 1. The minimum atomic E-state index is -0.127. The summed E-state index contributed by atoms with van der Waals surface area (Å²) < 4.78 is 10.3. The maximum atomic E-state index is 11.7. The van der Waals surface area contributed by atoms with E-state index < -0.39 is 0 Å². The Morgan fingerprint density at radius 3 is 2.63 bits per heavy atom. The van der Waals surface area contributed by atoms with Crippen LogP contribution in [0.1, 0.15) is 5.56 Å². The van der Waals surface area contributed by atoms with Gasteiger partial charge in [0.05, 0.1) is 20.3 Å². The van der Waals surface area contributed by atoms with Crippen molar-refractivity contribution >= 4 is 12.0 Å². The molecule has 0 aromatic heterocycles. The molecule has 1 N–H and O–H groups in total. The van der Waals surface area contributed by atoms with Crippen molar-refractivity contribution in [2.45, 2.75) is 0 Å². The number of carbonyl (C=O) groups excluding carboxylic acids is 1. The van der Waals surface area contributed by atoms with Crippen molar-refractivity contribution < 1.29 is 14.3 Å². The summed E-state index contributed by atoms with van der Waals surface area (Å²) in [7, 11) is 1.63. The molecule has 5 heteroatoms. The van der Waals surface area contributed by atoms with Crippen molar-refractivity contribution in [3.05, 3.63) is 35.9 Å². The lowest BCUT2D eigenvalue weighted by Crippen LogP contribution is -2.47. The summed E-state index contributed by atoms with van der Waals surface area (Å²) in [6.07, 6.45) is 3.30. The highest BCUT2D eigenvalue weighted by Gasteiger charge is 2.10. The van der Waals surface area contributed by atoms with Crippen LogP contribution in [0.4, 0.5) is 0 Å². The second kappa shape index (κ2) is 6.92. The summed E-state index contributed by atoms with van der Waals surface area (Å²) in [5, 5.41) is 1.87. The lowest BCUT2D eigenvalue weighted by Gasteiger charge is -2.26. The van der Waals surface area contributed by atoms with Crippen molar-refractivity contribution in [3.63, 3.8) is 0 Å². The highest BCUT2D eigenvalue weighted by molar-refractivity contribution is 5.91. The highest BCUT2D eigenvalue weighted by Crippen LogP contribution is 2.12. The number of nitrogens with one attached hydrogen (secondary N) is 1. The van der Waals surface area contributed by atoms with Crippen LogP contribution in [0.25, 0.3) is 6.08 Å². The van der Waals surface area contributed by atoms with Gasteiger partial charge in [0, 0.05) is 19.2 Å². The number of hydrogen-bond donors (Lipinski definition) is 1. The lowest BCUT2D eigenvalue weighted by molar-refractivity contribution is -0.123. The monoisotopic (exact) mass is 262 g/mol. The maximum Gasteiger partial charge on any atom is 0.258 e. The van der Waals surface area contributed by atoms with Crippen molar-refractivity contribution in [1.82, 2.24) is 10.4 Å². The molecule has 0 aliphatic carbocycles. The van der Waals surface area contributed by atoms with Gasteiger partial charge in [-0.25, -0.2) is 5.01 Å². The molecule has 0 radical (unpaired) electrons. The average molecular weight is 262 g/mol. The lowest BCUT2D eigenvalue weighted by atomic mass is 10.2. The van der Waals surface area contributed by atoms with Crippen molar-refractivity contribution in [2.75, 3.05) is 33.4 Å². The Morgan fingerprint density at radius 2 is 2.00 bits per heavy atom. The second-order valence-corrected chi connectivity index (χ2v) is 4.18. The fraction of sp³-hybridized carbons (Fsp3) is 0.357. The number of methoxy groups -OCH3 is 1. The molecule has 102 valence electrons. The molecule has 1 amide bonds. The molecule has 5 nitrogen and oxygen atoms in total. The summed E-state index contributed by atoms with van der Waals surface area (Å²) in [5.41, 5.74) is 3.77. The fourth-order valence-electron chi connectivity index (χ4n) is 1.76. The van der Waals surface area contributed by atoms with Gasteiger partial charge < -0.3 is 9.47 Å². The molecule has 1 aliphatic heterocycles. The molecule has 0 unspecified atom stereocenters. The molecule has 0 atom stereocenters. The first-order chi connectivity index (χ1) is 9.28. The smallest absolute Gasteiger partial charge is 0.258 e. The van der Waals surface area contributed by atoms with Crippen LogP contribution in [0.5, 0.6) is 5.75 Å². The van der Waals surface area contributed by atoms with E-state index in [0.29, 0.717) is 13.2 Å². The molecule has 1 fully saturated rings. The van der Waals surface area contributed by atoms with Gasteiger partial charge in [-0.2, -0.15) is 0 Å². The number of hydrogen-bond acceptors (Lipinski definition) is 4. The minimum absolute atomic E-state index is 0.127. The molecule has 0 bridgehead atoms. The van der Waals surface area contributed by atoms with Gasteiger partial charge in [0.15, 0.2) is 0 Å². The Kier molecular flexibility index (Phi) is 4.94. The maximum absolute atomic E-state index is 11.7. The number of hydrazine groups is 1. The normalized spacial score (nSPS) is 16.5. The first kappa shape index (κ1) is 13.6. The standard InChI is InChI=1S/C14H18N2O3/c1-18-13-5-2-12(3-6-13)4-7-14(17)15-16-8-10-19-11-9-16/h2-7H,8-11H2,1H3,(H,15,17)/b7-4+. The van der Waals surface area contributed by atoms with Gasteiger partial charge >= 0.3 is 0 Å². The fourth-order valence-corrected chi connectivity index (χ4v) is 1.76. The third kappa shape index (κ3) is 4.39. The topological polar surface area (TPSA) is 50.8 Å². The zero-order valence-electron chi connectivity index (χ0n) is 11.0. The number of nitrogens with zero attached hydrogens (tertiary/aromatic N) is 1. The molecule has 0 saturated carbocycles. The number of rotatable bonds is 4. The van der Waals surface area contributed by atoms with E-state index in [-0.39, 0.29) is 5.91 Å². The van der Waals surface area contributed by atoms with Crippen LogP contribution in [0.15, 0.2) is 30.3 Å². The summed E-state index contributed by atoms with van der Waals surface area (Å²) >= 11 is 0. The van der Waals surface area contributed by atoms with Crippen molar-refractivity contribution in [3.8, 4) is 5.75 Å². The van der Waals surface area contributed by atoms with E-state index in [0.717, 1.165) is 24.4 Å². The molecule has 1 saturated heterocycles. The average Bonchev–Trinajstić information content (AvgIpc) is 2.47.